The van der Waals surface area contributed by atoms with E-state index in [1.54, 1.807) is 6.20 Å². The van der Waals surface area contributed by atoms with Crippen molar-refractivity contribution in [2.45, 2.75) is 25.8 Å². The highest BCUT2D eigenvalue weighted by Gasteiger charge is 2.13. The van der Waals surface area contributed by atoms with Gasteiger partial charge in [0.2, 0.25) is 0 Å². The predicted molar refractivity (Wildman–Crippen MR) is 67.3 cm³/mol. The number of rotatable bonds is 3. The number of hydrogen-bond donors (Lipinski definition) is 2. The van der Waals surface area contributed by atoms with E-state index in [1.165, 1.54) is 4.57 Å². The third-order valence-corrected chi connectivity index (χ3v) is 3.01. The van der Waals surface area contributed by atoms with Gasteiger partial charge < -0.3 is 10.8 Å². The smallest absolute Gasteiger partial charge is 0.416 e. The van der Waals surface area contributed by atoms with Crippen LogP contribution in [0.25, 0.3) is 10.9 Å². The van der Waals surface area contributed by atoms with Crippen LogP contribution in [-0.4, -0.2) is 21.8 Å². The number of benzene rings is 1. The molecule has 0 amide bonds. The molecule has 0 aliphatic heterocycles. The van der Waals surface area contributed by atoms with E-state index >= 15 is 0 Å². The first-order valence-corrected chi connectivity index (χ1v) is 5.71. The summed E-state index contributed by atoms with van der Waals surface area (Å²) in [6, 6.07) is 7.57. The summed E-state index contributed by atoms with van der Waals surface area (Å²) in [7, 11) is 0. The van der Waals surface area contributed by atoms with Crippen LogP contribution in [0.4, 0.5) is 4.79 Å². The molecule has 0 bridgehead atoms. The minimum atomic E-state index is -0.961. The van der Waals surface area contributed by atoms with Crippen molar-refractivity contribution < 1.29 is 9.90 Å². The maximum Gasteiger partial charge on any atom is 0.416 e. The summed E-state index contributed by atoms with van der Waals surface area (Å²) < 4.78 is 1.26. The topological polar surface area (TPSA) is 68.2 Å². The number of aromatic nitrogens is 1. The number of nitrogens with zero attached hydrogens (tertiary/aromatic N) is 1. The Balaban J connectivity index is 2.52. The first-order chi connectivity index (χ1) is 8.13. The highest BCUT2D eigenvalue weighted by atomic mass is 16.4. The summed E-state index contributed by atoms with van der Waals surface area (Å²) in [5, 5.41) is 10.1. The van der Waals surface area contributed by atoms with Crippen LogP contribution < -0.4 is 5.73 Å². The van der Waals surface area contributed by atoms with Gasteiger partial charge in [-0.05, 0) is 24.5 Å². The van der Waals surface area contributed by atoms with Gasteiger partial charge in [0.1, 0.15) is 0 Å². The summed E-state index contributed by atoms with van der Waals surface area (Å²) >= 11 is 0. The molecular weight excluding hydrogens is 216 g/mol. The molecule has 3 N–H and O–H groups in total. The molecule has 90 valence electrons. The highest BCUT2D eigenvalue weighted by Crippen LogP contribution is 2.22. The fraction of sp³-hybridized carbons (Fsp3) is 0.308. The molecule has 4 heteroatoms. The van der Waals surface area contributed by atoms with Crippen LogP contribution in [0.15, 0.2) is 30.5 Å². The molecule has 1 aromatic carbocycles. The lowest BCUT2D eigenvalue weighted by atomic mass is 10.0. The number of para-hydroxylation sites is 1. The molecule has 0 saturated carbocycles. The number of carboxylic acid groups (broad SMARTS) is 1. The second-order valence-corrected chi connectivity index (χ2v) is 4.20. The van der Waals surface area contributed by atoms with E-state index in [9.17, 15) is 4.79 Å². The Labute approximate surface area is 99.7 Å². The largest absolute Gasteiger partial charge is 0.464 e. The van der Waals surface area contributed by atoms with Crippen molar-refractivity contribution in [2.24, 2.45) is 5.73 Å². The molecule has 0 unspecified atom stereocenters. The predicted octanol–water partition coefficient (Wildman–Crippen LogP) is 2.45. The fourth-order valence-corrected chi connectivity index (χ4v) is 2.00. The number of nitrogens with two attached hydrogens (primary N) is 1. The number of carbonyl (C=O) groups is 1. The van der Waals surface area contributed by atoms with Crippen LogP contribution >= 0.6 is 0 Å². The Morgan fingerprint density at radius 3 is 2.82 bits per heavy atom. The lowest BCUT2D eigenvalue weighted by molar-refractivity contribution is 0.197. The van der Waals surface area contributed by atoms with Gasteiger partial charge >= 0.3 is 6.09 Å². The number of hydrogen-bond acceptors (Lipinski definition) is 2. The molecule has 1 heterocycles. The van der Waals surface area contributed by atoms with E-state index in [0.29, 0.717) is 6.42 Å². The summed E-state index contributed by atoms with van der Waals surface area (Å²) in [4.78, 5) is 11.1. The zero-order valence-corrected chi connectivity index (χ0v) is 9.76. The quantitative estimate of drug-likeness (QED) is 0.854. The third kappa shape index (κ3) is 2.17. The van der Waals surface area contributed by atoms with Crippen molar-refractivity contribution in [1.29, 1.82) is 0 Å². The van der Waals surface area contributed by atoms with Gasteiger partial charge in [-0.25, -0.2) is 4.79 Å². The van der Waals surface area contributed by atoms with E-state index in [4.69, 9.17) is 10.8 Å². The molecule has 0 aliphatic rings. The Hall–Kier alpha value is -1.81. The molecule has 2 rings (SSSR count). The number of fused-ring (bicyclic) bond motifs is 1. The van der Waals surface area contributed by atoms with Gasteiger partial charge in [-0.2, -0.15) is 0 Å². The molecule has 1 aromatic heterocycles. The molecule has 1 atom stereocenters. The minimum absolute atomic E-state index is 0.0723. The molecule has 2 aromatic rings. The van der Waals surface area contributed by atoms with Crippen LogP contribution in [-0.2, 0) is 6.42 Å². The average molecular weight is 232 g/mol. The highest BCUT2D eigenvalue weighted by molar-refractivity contribution is 5.91. The van der Waals surface area contributed by atoms with Gasteiger partial charge in [0.15, 0.2) is 0 Å². The molecule has 0 fully saturated rings. The van der Waals surface area contributed by atoms with Crippen molar-refractivity contribution in [3.63, 3.8) is 0 Å². The fourth-order valence-electron chi connectivity index (χ4n) is 2.00. The third-order valence-electron chi connectivity index (χ3n) is 3.01. The maximum absolute atomic E-state index is 11.1. The van der Waals surface area contributed by atoms with Crippen molar-refractivity contribution in [3.05, 3.63) is 36.0 Å². The van der Waals surface area contributed by atoms with E-state index in [1.807, 2.05) is 31.2 Å². The van der Waals surface area contributed by atoms with Crippen molar-refractivity contribution >= 4 is 17.0 Å². The Morgan fingerprint density at radius 1 is 1.47 bits per heavy atom. The SMILES string of the molecule is CC[C@@H](N)Cc1cn(C(=O)O)c2ccccc12. The lowest BCUT2D eigenvalue weighted by Crippen LogP contribution is -2.21. The van der Waals surface area contributed by atoms with Gasteiger partial charge in [0, 0.05) is 17.6 Å². The molecule has 0 radical (unpaired) electrons. The maximum atomic E-state index is 11.1. The van der Waals surface area contributed by atoms with Crippen molar-refractivity contribution in [3.8, 4) is 0 Å². The van der Waals surface area contributed by atoms with Crippen LogP contribution in [0.5, 0.6) is 0 Å². The van der Waals surface area contributed by atoms with Gasteiger partial charge in [0.25, 0.3) is 0 Å². The monoisotopic (exact) mass is 232 g/mol. The summed E-state index contributed by atoms with van der Waals surface area (Å²) in [6.07, 6.45) is 2.30. The van der Waals surface area contributed by atoms with E-state index in [0.717, 1.165) is 22.9 Å². The summed E-state index contributed by atoms with van der Waals surface area (Å²) in [5.74, 6) is 0. The molecule has 0 aliphatic carbocycles. The van der Waals surface area contributed by atoms with Gasteiger partial charge in [0.05, 0.1) is 5.52 Å². The Bertz CT molecular complexity index is 545. The first kappa shape index (κ1) is 11.7. The Kier molecular flexibility index (Phi) is 3.15. The molecule has 0 spiro atoms. The van der Waals surface area contributed by atoms with Crippen molar-refractivity contribution in [1.82, 2.24) is 4.57 Å². The summed E-state index contributed by atoms with van der Waals surface area (Å²) in [5.41, 5.74) is 7.64. The van der Waals surface area contributed by atoms with Gasteiger partial charge in [-0.1, -0.05) is 25.1 Å². The van der Waals surface area contributed by atoms with Gasteiger partial charge in [-0.3, -0.25) is 4.57 Å². The van der Waals surface area contributed by atoms with E-state index < -0.39 is 6.09 Å². The average Bonchev–Trinajstić information content (AvgIpc) is 2.68. The zero-order chi connectivity index (χ0) is 12.4. The lowest BCUT2D eigenvalue weighted by Gasteiger charge is -2.06. The van der Waals surface area contributed by atoms with E-state index in [2.05, 4.69) is 0 Å². The molecule has 17 heavy (non-hydrogen) atoms. The second-order valence-electron chi connectivity index (χ2n) is 4.20. The molecular formula is C13H16N2O2. The summed E-state index contributed by atoms with van der Waals surface area (Å²) in [6.45, 7) is 2.03. The zero-order valence-electron chi connectivity index (χ0n) is 9.76. The minimum Gasteiger partial charge on any atom is -0.464 e. The van der Waals surface area contributed by atoms with Gasteiger partial charge in [-0.15, -0.1) is 0 Å². The first-order valence-electron chi connectivity index (χ1n) is 5.71. The van der Waals surface area contributed by atoms with E-state index in [-0.39, 0.29) is 6.04 Å². The van der Waals surface area contributed by atoms with Crippen LogP contribution in [0.1, 0.15) is 18.9 Å². The van der Waals surface area contributed by atoms with Crippen molar-refractivity contribution in [2.75, 3.05) is 0 Å². The molecule has 4 nitrogen and oxygen atoms in total. The Morgan fingerprint density at radius 2 is 2.18 bits per heavy atom. The second kappa shape index (κ2) is 4.59. The van der Waals surface area contributed by atoms with Crippen LogP contribution in [0.3, 0.4) is 0 Å². The van der Waals surface area contributed by atoms with Crippen LogP contribution in [0, 0.1) is 0 Å². The normalized spacial score (nSPS) is 12.8. The molecule has 0 saturated heterocycles. The van der Waals surface area contributed by atoms with Crippen LogP contribution in [0.2, 0.25) is 0 Å². The standard InChI is InChI=1S/C13H16N2O2/c1-2-10(14)7-9-8-15(13(16)17)12-6-4-3-5-11(9)12/h3-6,8,10H,2,7,14H2,1H3,(H,16,17)/t10-/m1/s1.